The van der Waals surface area contributed by atoms with Crippen LogP contribution < -0.4 is 10.6 Å². The molecule has 0 spiro atoms. The van der Waals surface area contributed by atoms with Crippen molar-refractivity contribution in [1.29, 1.82) is 0 Å². The van der Waals surface area contributed by atoms with E-state index in [4.69, 9.17) is 4.52 Å². The van der Waals surface area contributed by atoms with Crippen LogP contribution in [-0.2, 0) is 16.1 Å². The Morgan fingerprint density at radius 2 is 2.09 bits per heavy atom. The van der Waals surface area contributed by atoms with Gasteiger partial charge in [-0.3, -0.25) is 14.9 Å². The molecule has 0 atom stereocenters. The second-order valence-corrected chi connectivity index (χ2v) is 6.55. The van der Waals surface area contributed by atoms with E-state index in [-0.39, 0.29) is 5.82 Å². The largest absolute Gasteiger partial charge is 0.360 e. The molecular formula is C15H13N3O3S2. The van der Waals surface area contributed by atoms with Crippen LogP contribution in [0, 0.1) is 6.92 Å². The Labute approximate surface area is 140 Å². The van der Waals surface area contributed by atoms with Crippen molar-refractivity contribution in [2.75, 3.05) is 5.32 Å². The molecule has 0 aliphatic rings. The first kappa shape index (κ1) is 15.4. The fourth-order valence-electron chi connectivity index (χ4n) is 1.90. The maximum Gasteiger partial charge on any atom is 0.314 e. The third-order valence-electron chi connectivity index (χ3n) is 3.01. The molecule has 0 aliphatic carbocycles. The van der Waals surface area contributed by atoms with Gasteiger partial charge in [0.25, 0.3) is 0 Å². The lowest BCUT2D eigenvalue weighted by molar-refractivity contribution is -0.136. The monoisotopic (exact) mass is 347 g/mol. The van der Waals surface area contributed by atoms with Crippen LogP contribution >= 0.6 is 22.7 Å². The fraction of sp³-hybridized carbons (Fsp3) is 0.133. The van der Waals surface area contributed by atoms with Gasteiger partial charge in [-0.25, -0.2) is 0 Å². The van der Waals surface area contributed by atoms with Gasteiger partial charge in [0.05, 0.1) is 6.54 Å². The van der Waals surface area contributed by atoms with Gasteiger partial charge in [-0.2, -0.15) is 11.3 Å². The Bertz CT molecular complexity index is 821. The smallest absolute Gasteiger partial charge is 0.314 e. The van der Waals surface area contributed by atoms with E-state index in [1.165, 1.54) is 17.4 Å². The lowest BCUT2D eigenvalue weighted by Crippen LogP contribution is -2.34. The summed E-state index contributed by atoms with van der Waals surface area (Å²) in [6.45, 7) is 2.00. The molecule has 0 saturated heterocycles. The molecule has 3 heterocycles. The molecule has 23 heavy (non-hydrogen) atoms. The van der Waals surface area contributed by atoms with Crippen LogP contribution in [0.5, 0.6) is 0 Å². The molecule has 3 rings (SSSR count). The predicted molar refractivity (Wildman–Crippen MR) is 89.3 cm³/mol. The first-order valence-corrected chi connectivity index (χ1v) is 8.56. The average molecular weight is 347 g/mol. The molecule has 0 aliphatic heterocycles. The second kappa shape index (κ2) is 6.76. The van der Waals surface area contributed by atoms with Gasteiger partial charge in [-0.15, -0.1) is 11.3 Å². The number of carbonyl (C=O) groups is 2. The lowest BCUT2D eigenvalue weighted by Gasteiger charge is -2.02. The standard InChI is InChI=1S/C15H13N3O3S2/c1-9-4-13(18-21-9)17-15(20)14(19)16-6-12-5-11(8-23-12)10-2-3-22-7-10/h2-5,7-8H,6H2,1H3,(H,16,19)(H,17,18,20). The van der Waals surface area contributed by atoms with Crippen LogP contribution in [0.1, 0.15) is 10.6 Å². The number of nitrogens with zero attached hydrogens (tertiary/aromatic N) is 1. The van der Waals surface area contributed by atoms with Crippen molar-refractivity contribution in [1.82, 2.24) is 10.5 Å². The third-order valence-corrected chi connectivity index (χ3v) is 4.63. The molecule has 118 valence electrons. The lowest BCUT2D eigenvalue weighted by atomic mass is 10.2. The summed E-state index contributed by atoms with van der Waals surface area (Å²) < 4.78 is 4.82. The van der Waals surface area contributed by atoms with Gasteiger partial charge in [0.15, 0.2) is 5.82 Å². The Balaban J connectivity index is 1.53. The summed E-state index contributed by atoms with van der Waals surface area (Å²) in [4.78, 5) is 24.5. The van der Waals surface area contributed by atoms with Gasteiger partial charge in [0.1, 0.15) is 5.76 Å². The number of hydrogen-bond donors (Lipinski definition) is 2. The van der Waals surface area contributed by atoms with Crippen molar-refractivity contribution in [3.63, 3.8) is 0 Å². The van der Waals surface area contributed by atoms with Gasteiger partial charge >= 0.3 is 11.8 Å². The number of nitrogens with one attached hydrogen (secondary N) is 2. The zero-order chi connectivity index (χ0) is 16.2. The van der Waals surface area contributed by atoms with Gasteiger partial charge < -0.3 is 9.84 Å². The molecule has 3 aromatic heterocycles. The molecular weight excluding hydrogens is 334 g/mol. The molecule has 0 aromatic carbocycles. The van der Waals surface area contributed by atoms with Crippen LogP contribution in [0.15, 0.2) is 38.9 Å². The summed E-state index contributed by atoms with van der Waals surface area (Å²) in [5.74, 6) is -0.706. The summed E-state index contributed by atoms with van der Waals surface area (Å²) in [6, 6.07) is 5.59. The predicted octanol–water partition coefficient (Wildman–Crippen LogP) is 3.03. The highest BCUT2D eigenvalue weighted by Gasteiger charge is 2.15. The molecule has 2 N–H and O–H groups in total. The first-order valence-electron chi connectivity index (χ1n) is 6.74. The average Bonchev–Trinajstić information content (AvgIpc) is 3.26. The first-order chi connectivity index (χ1) is 11.1. The van der Waals surface area contributed by atoms with Crippen molar-refractivity contribution >= 4 is 40.3 Å². The van der Waals surface area contributed by atoms with Crippen LogP contribution in [0.3, 0.4) is 0 Å². The van der Waals surface area contributed by atoms with E-state index in [0.717, 1.165) is 16.0 Å². The highest BCUT2D eigenvalue weighted by atomic mass is 32.1. The number of aromatic nitrogens is 1. The Hall–Kier alpha value is -2.45. The van der Waals surface area contributed by atoms with Crippen molar-refractivity contribution in [3.8, 4) is 11.1 Å². The van der Waals surface area contributed by atoms with Gasteiger partial charge in [0, 0.05) is 10.9 Å². The minimum atomic E-state index is -0.770. The number of hydrogen-bond acceptors (Lipinski definition) is 6. The molecule has 3 aromatic rings. The highest BCUT2D eigenvalue weighted by molar-refractivity contribution is 7.10. The molecule has 8 heteroatoms. The van der Waals surface area contributed by atoms with Crippen LogP contribution in [0.4, 0.5) is 5.82 Å². The summed E-state index contributed by atoms with van der Waals surface area (Å²) in [6.07, 6.45) is 0. The molecule has 0 radical (unpaired) electrons. The summed E-state index contributed by atoms with van der Waals surface area (Å²) in [5, 5.41) is 14.7. The van der Waals surface area contributed by atoms with E-state index in [0.29, 0.717) is 12.3 Å². The van der Waals surface area contributed by atoms with Crippen molar-refractivity contribution < 1.29 is 14.1 Å². The number of aryl methyl sites for hydroxylation is 1. The van der Waals surface area contributed by atoms with Crippen molar-refractivity contribution in [2.45, 2.75) is 13.5 Å². The molecule has 0 unspecified atom stereocenters. The Morgan fingerprint density at radius 3 is 2.78 bits per heavy atom. The van der Waals surface area contributed by atoms with Crippen LogP contribution in [0.2, 0.25) is 0 Å². The van der Waals surface area contributed by atoms with Gasteiger partial charge in [0.2, 0.25) is 0 Å². The zero-order valence-electron chi connectivity index (χ0n) is 12.2. The number of rotatable bonds is 4. The SMILES string of the molecule is Cc1cc(NC(=O)C(=O)NCc2cc(-c3ccsc3)cs2)no1. The van der Waals surface area contributed by atoms with E-state index < -0.39 is 11.8 Å². The third kappa shape index (κ3) is 3.85. The fourth-order valence-corrected chi connectivity index (χ4v) is 3.40. The number of thiophene rings is 2. The molecule has 0 fully saturated rings. The maximum atomic E-state index is 11.8. The quantitative estimate of drug-likeness (QED) is 0.711. The highest BCUT2D eigenvalue weighted by Crippen LogP contribution is 2.27. The number of carbonyl (C=O) groups excluding carboxylic acids is 2. The normalized spacial score (nSPS) is 10.5. The molecule has 0 bridgehead atoms. The number of anilines is 1. The minimum Gasteiger partial charge on any atom is -0.360 e. The summed E-state index contributed by atoms with van der Waals surface area (Å²) >= 11 is 3.18. The summed E-state index contributed by atoms with van der Waals surface area (Å²) in [7, 11) is 0. The summed E-state index contributed by atoms with van der Waals surface area (Å²) in [5.41, 5.74) is 2.27. The van der Waals surface area contributed by atoms with E-state index >= 15 is 0 Å². The van der Waals surface area contributed by atoms with Crippen LogP contribution in [0.25, 0.3) is 11.1 Å². The molecule has 2 amide bonds. The van der Waals surface area contributed by atoms with Crippen molar-refractivity contribution in [2.24, 2.45) is 0 Å². The van der Waals surface area contributed by atoms with E-state index in [1.54, 1.807) is 18.3 Å². The van der Waals surface area contributed by atoms with E-state index in [2.05, 4.69) is 21.2 Å². The second-order valence-electron chi connectivity index (χ2n) is 4.77. The topological polar surface area (TPSA) is 84.2 Å². The van der Waals surface area contributed by atoms with Gasteiger partial charge in [-0.05, 0) is 46.3 Å². The Kier molecular flexibility index (Phi) is 4.54. The van der Waals surface area contributed by atoms with E-state index in [1.807, 2.05) is 22.9 Å². The Morgan fingerprint density at radius 1 is 1.22 bits per heavy atom. The molecule has 0 saturated carbocycles. The zero-order valence-corrected chi connectivity index (χ0v) is 13.8. The van der Waals surface area contributed by atoms with Gasteiger partial charge in [-0.1, -0.05) is 5.16 Å². The number of amides is 2. The minimum absolute atomic E-state index is 0.221. The van der Waals surface area contributed by atoms with Crippen molar-refractivity contribution in [3.05, 3.63) is 45.0 Å². The molecule has 6 nitrogen and oxygen atoms in total. The maximum absolute atomic E-state index is 11.8. The van der Waals surface area contributed by atoms with Crippen LogP contribution in [-0.4, -0.2) is 17.0 Å². The van der Waals surface area contributed by atoms with E-state index in [9.17, 15) is 9.59 Å².